The molecule has 196 valence electrons. The van der Waals surface area contributed by atoms with Crippen molar-refractivity contribution < 1.29 is 14.3 Å². The molecule has 0 aliphatic carbocycles. The number of nitrogens with zero attached hydrogens (tertiary/aromatic N) is 3. The van der Waals surface area contributed by atoms with Gasteiger partial charge < -0.3 is 15.4 Å². The van der Waals surface area contributed by atoms with Crippen molar-refractivity contribution in [1.82, 2.24) is 14.5 Å². The second kappa shape index (κ2) is 12.0. The maximum atomic E-state index is 13.8. The molecule has 2 N–H and O–H groups in total. The number of amides is 2. The number of thioether (sulfide) groups is 1. The number of primary amides is 1. The molecule has 2 heterocycles. The number of carbonyl (C=O) groups is 2. The third kappa shape index (κ3) is 5.93. The molecule has 2 aromatic carbocycles. The van der Waals surface area contributed by atoms with Gasteiger partial charge in [-0.1, -0.05) is 55.3 Å². The van der Waals surface area contributed by atoms with E-state index in [2.05, 4.69) is 6.92 Å². The molecule has 0 saturated carbocycles. The molecule has 1 saturated heterocycles. The molecular formula is C27H31ClN4O4S. The smallest absolute Gasteiger partial charge is 0.266 e. The molecule has 1 aliphatic heterocycles. The Balaban J connectivity index is 1.77. The van der Waals surface area contributed by atoms with E-state index >= 15 is 0 Å². The quantitative estimate of drug-likeness (QED) is 0.317. The normalized spacial score (nSPS) is 15.1. The van der Waals surface area contributed by atoms with E-state index in [1.54, 1.807) is 47.4 Å². The number of carbonyl (C=O) groups excluding carboxylic acids is 2. The van der Waals surface area contributed by atoms with Crippen molar-refractivity contribution in [2.45, 2.75) is 49.4 Å². The summed E-state index contributed by atoms with van der Waals surface area (Å²) in [5.74, 6) is -0.0506. The van der Waals surface area contributed by atoms with Gasteiger partial charge >= 0.3 is 0 Å². The lowest BCUT2D eigenvalue weighted by Gasteiger charge is -2.33. The van der Waals surface area contributed by atoms with Gasteiger partial charge in [-0.05, 0) is 49.6 Å². The number of unbranched alkanes of at least 4 members (excludes halogenated alkanes) is 1. The van der Waals surface area contributed by atoms with Crippen molar-refractivity contribution >= 4 is 46.1 Å². The number of ether oxygens (including phenoxy) is 1. The molecule has 8 nitrogen and oxygen atoms in total. The number of halogens is 1. The Hall–Kier alpha value is -3.04. The van der Waals surface area contributed by atoms with E-state index < -0.39 is 5.25 Å². The van der Waals surface area contributed by atoms with Gasteiger partial charge in [0.05, 0.1) is 23.4 Å². The summed E-state index contributed by atoms with van der Waals surface area (Å²) in [6, 6.07) is 12.2. The van der Waals surface area contributed by atoms with Crippen LogP contribution in [0, 0.1) is 5.92 Å². The van der Waals surface area contributed by atoms with Crippen molar-refractivity contribution in [2.24, 2.45) is 11.7 Å². The summed E-state index contributed by atoms with van der Waals surface area (Å²) in [4.78, 5) is 45.7. The van der Waals surface area contributed by atoms with Gasteiger partial charge in [0.2, 0.25) is 11.8 Å². The molecule has 0 radical (unpaired) electrons. The molecule has 4 rings (SSSR count). The van der Waals surface area contributed by atoms with Gasteiger partial charge in [0.15, 0.2) is 5.16 Å². The molecule has 0 bridgehead atoms. The van der Waals surface area contributed by atoms with E-state index in [4.69, 9.17) is 27.1 Å². The monoisotopic (exact) mass is 542 g/mol. The molecular weight excluding hydrogens is 512 g/mol. The Morgan fingerprint density at radius 3 is 2.59 bits per heavy atom. The van der Waals surface area contributed by atoms with Crippen LogP contribution >= 0.6 is 23.4 Å². The first-order valence-electron chi connectivity index (χ1n) is 12.4. The highest BCUT2D eigenvalue weighted by molar-refractivity contribution is 8.00. The zero-order valence-corrected chi connectivity index (χ0v) is 22.6. The SMILES string of the molecule is CCCCC(Sc1nc2c(OC)cccc2c(=O)n1-c1cccc(Cl)c1)C(=O)N1CCC(C(N)=O)CC1. The predicted molar refractivity (Wildman–Crippen MR) is 147 cm³/mol. The van der Waals surface area contributed by atoms with Crippen molar-refractivity contribution in [3.8, 4) is 11.4 Å². The van der Waals surface area contributed by atoms with Gasteiger partial charge in [0.25, 0.3) is 5.56 Å². The largest absolute Gasteiger partial charge is 0.494 e. The predicted octanol–water partition coefficient (Wildman–Crippen LogP) is 4.42. The lowest BCUT2D eigenvalue weighted by molar-refractivity contribution is -0.134. The van der Waals surface area contributed by atoms with Crippen LogP contribution in [0.4, 0.5) is 0 Å². The number of hydrogen-bond donors (Lipinski definition) is 1. The topological polar surface area (TPSA) is 108 Å². The number of rotatable bonds is 9. The van der Waals surface area contributed by atoms with Crippen molar-refractivity contribution in [3.63, 3.8) is 0 Å². The minimum absolute atomic E-state index is 0.0200. The molecule has 1 aromatic heterocycles. The van der Waals surface area contributed by atoms with Crippen molar-refractivity contribution in [2.75, 3.05) is 20.2 Å². The lowest BCUT2D eigenvalue weighted by Crippen LogP contribution is -2.45. The standard InChI is InChI=1S/C27H31ClN4O4S/c1-3-4-11-22(26(35)31-14-12-17(13-15-31)24(29)33)37-27-30-23-20(9-6-10-21(23)36-2)25(34)32(27)19-8-5-7-18(28)16-19/h5-10,16-17,22H,3-4,11-15H2,1-2H3,(H2,29,33). The van der Waals surface area contributed by atoms with Gasteiger partial charge in [0, 0.05) is 24.0 Å². The maximum Gasteiger partial charge on any atom is 0.266 e. The van der Waals surface area contributed by atoms with E-state index in [0.29, 0.717) is 64.9 Å². The average molecular weight is 543 g/mol. The number of para-hydroxylation sites is 1. The lowest BCUT2D eigenvalue weighted by atomic mass is 9.96. The van der Waals surface area contributed by atoms with E-state index in [0.717, 1.165) is 12.8 Å². The number of methoxy groups -OCH3 is 1. The fraction of sp³-hybridized carbons (Fsp3) is 0.407. The van der Waals surface area contributed by atoms with Crippen molar-refractivity contribution in [3.05, 3.63) is 57.8 Å². The number of piperidine rings is 1. The number of likely N-dealkylation sites (tertiary alicyclic amines) is 1. The summed E-state index contributed by atoms with van der Waals surface area (Å²) in [6.45, 7) is 3.04. The summed E-state index contributed by atoms with van der Waals surface area (Å²) in [5.41, 5.74) is 6.22. The Labute approximate surface area is 225 Å². The van der Waals surface area contributed by atoms with Gasteiger partial charge in [0.1, 0.15) is 11.3 Å². The molecule has 37 heavy (non-hydrogen) atoms. The first kappa shape index (κ1) is 27.0. The van der Waals surface area contributed by atoms with Crippen LogP contribution < -0.4 is 16.0 Å². The van der Waals surface area contributed by atoms with Crippen LogP contribution in [0.1, 0.15) is 39.0 Å². The summed E-state index contributed by atoms with van der Waals surface area (Å²) >= 11 is 7.55. The number of fused-ring (bicyclic) bond motifs is 1. The Bertz CT molecular complexity index is 1350. The molecule has 3 aromatic rings. The van der Waals surface area contributed by atoms with Gasteiger partial charge in [-0.2, -0.15) is 0 Å². The molecule has 1 unspecified atom stereocenters. The first-order valence-corrected chi connectivity index (χ1v) is 13.7. The summed E-state index contributed by atoms with van der Waals surface area (Å²) in [7, 11) is 1.54. The molecule has 2 amide bonds. The number of nitrogens with two attached hydrogens (primary N) is 1. The van der Waals surface area contributed by atoms with E-state index in [9.17, 15) is 14.4 Å². The van der Waals surface area contributed by atoms with Crippen molar-refractivity contribution in [1.29, 1.82) is 0 Å². The third-order valence-corrected chi connectivity index (χ3v) is 8.11. The van der Waals surface area contributed by atoms with Crippen LogP contribution in [0.25, 0.3) is 16.6 Å². The number of aromatic nitrogens is 2. The molecule has 10 heteroatoms. The van der Waals surface area contributed by atoms with E-state index in [-0.39, 0.29) is 23.3 Å². The summed E-state index contributed by atoms with van der Waals surface area (Å²) in [6.07, 6.45) is 3.52. The van der Waals surface area contributed by atoms with Gasteiger partial charge in [-0.25, -0.2) is 4.98 Å². The molecule has 1 aliphatic rings. The summed E-state index contributed by atoms with van der Waals surface area (Å²) < 4.78 is 7.01. The second-order valence-corrected chi connectivity index (χ2v) is 10.7. The zero-order valence-electron chi connectivity index (χ0n) is 21.0. The number of hydrogen-bond acceptors (Lipinski definition) is 6. The summed E-state index contributed by atoms with van der Waals surface area (Å²) in [5, 5.41) is 0.843. The minimum atomic E-state index is -0.449. The highest BCUT2D eigenvalue weighted by Crippen LogP contribution is 2.32. The fourth-order valence-electron chi connectivity index (χ4n) is 4.59. The Morgan fingerprint density at radius 1 is 1.22 bits per heavy atom. The fourth-order valence-corrected chi connectivity index (χ4v) is 6.00. The first-order chi connectivity index (χ1) is 17.8. The van der Waals surface area contributed by atoms with Crippen LogP contribution in [0.5, 0.6) is 5.75 Å². The molecule has 1 atom stereocenters. The number of benzene rings is 2. The Morgan fingerprint density at radius 2 is 1.95 bits per heavy atom. The highest BCUT2D eigenvalue weighted by atomic mass is 35.5. The van der Waals surface area contributed by atoms with Crippen LogP contribution in [0.2, 0.25) is 5.02 Å². The van der Waals surface area contributed by atoms with Crippen LogP contribution in [0.3, 0.4) is 0 Å². The molecule has 1 fully saturated rings. The van der Waals surface area contributed by atoms with Gasteiger partial charge in [-0.3, -0.25) is 19.0 Å². The van der Waals surface area contributed by atoms with Crippen LogP contribution in [-0.4, -0.2) is 51.7 Å². The van der Waals surface area contributed by atoms with Gasteiger partial charge in [-0.15, -0.1) is 0 Å². The average Bonchev–Trinajstić information content (AvgIpc) is 2.90. The van der Waals surface area contributed by atoms with E-state index in [1.165, 1.54) is 23.4 Å². The van der Waals surface area contributed by atoms with Crippen LogP contribution in [0.15, 0.2) is 52.4 Å². The zero-order chi connectivity index (χ0) is 26.5. The molecule has 0 spiro atoms. The van der Waals surface area contributed by atoms with Crippen LogP contribution in [-0.2, 0) is 9.59 Å². The highest BCUT2D eigenvalue weighted by Gasteiger charge is 2.31. The Kier molecular flexibility index (Phi) is 8.76. The maximum absolute atomic E-state index is 13.8. The minimum Gasteiger partial charge on any atom is -0.494 e. The third-order valence-electron chi connectivity index (χ3n) is 6.67. The van der Waals surface area contributed by atoms with E-state index in [1.807, 2.05) is 0 Å². The second-order valence-electron chi connectivity index (χ2n) is 9.12.